The van der Waals surface area contributed by atoms with Crippen LogP contribution < -0.4 is 5.32 Å². The molecular formula is C20H17N3OS. The largest absolute Gasteiger partial charge is 0.354 e. The lowest BCUT2D eigenvalue weighted by molar-refractivity contribution is 0.104. The van der Waals surface area contributed by atoms with E-state index in [9.17, 15) is 4.79 Å². The van der Waals surface area contributed by atoms with Crippen molar-refractivity contribution in [1.29, 1.82) is 0 Å². The number of nitrogens with one attached hydrogen (secondary N) is 1. The number of ketones is 1. The summed E-state index contributed by atoms with van der Waals surface area (Å²) in [7, 11) is 1.89. The molecule has 25 heavy (non-hydrogen) atoms. The number of hydrogen-bond acceptors (Lipinski definition) is 4. The molecule has 0 aliphatic carbocycles. The Bertz CT molecular complexity index is 984. The molecule has 0 radical (unpaired) electrons. The van der Waals surface area contributed by atoms with Crippen LogP contribution in [0.4, 0.5) is 11.4 Å². The quantitative estimate of drug-likeness (QED) is 0.426. The van der Waals surface area contributed by atoms with Crippen molar-refractivity contribution in [3.63, 3.8) is 0 Å². The molecule has 0 unspecified atom stereocenters. The molecule has 1 aliphatic rings. The summed E-state index contributed by atoms with van der Waals surface area (Å²) < 4.78 is 1.79. The van der Waals surface area contributed by atoms with Gasteiger partial charge in [0.05, 0.1) is 17.1 Å². The van der Waals surface area contributed by atoms with Gasteiger partial charge in [-0.1, -0.05) is 23.9 Å². The van der Waals surface area contributed by atoms with Gasteiger partial charge in [-0.3, -0.25) is 9.48 Å². The molecule has 2 heterocycles. The lowest BCUT2D eigenvalue weighted by Crippen LogP contribution is -2.02. The van der Waals surface area contributed by atoms with E-state index in [0.29, 0.717) is 5.56 Å². The van der Waals surface area contributed by atoms with Crippen molar-refractivity contribution in [2.45, 2.75) is 16.7 Å². The van der Waals surface area contributed by atoms with Crippen LogP contribution in [0.1, 0.15) is 21.7 Å². The number of para-hydroxylation sites is 1. The van der Waals surface area contributed by atoms with E-state index >= 15 is 0 Å². The molecule has 1 N–H and O–H groups in total. The predicted octanol–water partition coefficient (Wildman–Crippen LogP) is 4.83. The van der Waals surface area contributed by atoms with Crippen LogP contribution in [-0.4, -0.2) is 15.6 Å². The number of aryl methyl sites for hydroxylation is 2. The van der Waals surface area contributed by atoms with Gasteiger partial charge < -0.3 is 5.32 Å². The zero-order valence-electron chi connectivity index (χ0n) is 14.0. The third-order valence-electron chi connectivity index (χ3n) is 4.18. The van der Waals surface area contributed by atoms with Crippen LogP contribution in [0, 0.1) is 6.92 Å². The second-order valence-corrected chi connectivity index (χ2v) is 7.05. The van der Waals surface area contributed by atoms with Crippen LogP contribution in [0.15, 0.2) is 64.4 Å². The highest BCUT2D eigenvalue weighted by atomic mass is 32.2. The maximum Gasteiger partial charge on any atom is 0.185 e. The van der Waals surface area contributed by atoms with Crippen molar-refractivity contribution < 1.29 is 4.79 Å². The van der Waals surface area contributed by atoms with E-state index in [-0.39, 0.29) is 5.78 Å². The van der Waals surface area contributed by atoms with Gasteiger partial charge in [0, 0.05) is 28.1 Å². The highest BCUT2D eigenvalue weighted by Gasteiger charge is 2.16. The van der Waals surface area contributed by atoms with E-state index in [1.807, 2.05) is 56.4 Å². The van der Waals surface area contributed by atoms with Gasteiger partial charge in [-0.25, -0.2) is 0 Å². The minimum Gasteiger partial charge on any atom is -0.354 e. The van der Waals surface area contributed by atoms with Crippen molar-refractivity contribution in [2.24, 2.45) is 7.05 Å². The summed E-state index contributed by atoms with van der Waals surface area (Å²) in [5, 5.41) is 7.74. The fraction of sp³-hybridized carbons (Fsp3) is 0.100. The van der Waals surface area contributed by atoms with E-state index < -0.39 is 0 Å². The molecule has 0 bridgehead atoms. The van der Waals surface area contributed by atoms with Crippen LogP contribution in [0.5, 0.6) is 0 Å². The summed E-state index contributed by atoms with van der Waals surface area (Å²) in [5.41, 5.74) is 4.55. The molecule has 4 rings (SSSR count). The van der Waals surface area contributed by atoms with E-state index in [1.54, 1.807) is 28.6 Å². The number of carbonyl (C=O) groups is 1. The van der Waals surface area contributed by atoms with Gasteiger partial charge in [0.25, 0.3) is 0 Å². The Labute approximate surface area is 150 Å². The molecule has 0 saturated heterocycles. The molecule has 0 amide bonds. The second-order valence-electron chi connectivity index (χ2n) is 5.97. The fourth-order valence-corrected chi connectivity index (χ4v) is 3.69. The van der Waals surface area contributed by atoms with Gasteiger partial charge in [-0.2, -0.15) is 5.10 Å². The summed E-state index contributed by atoms with van der Waals surface area (Å²) in [6.45, 7) is 1.98. The Morgan fingerprint density at radius 1 is 1.12 bits per heavy atom. The molecule has 124 valence electrons. The van der Waals surface area contributed by atoms with Crippen molar-refractivity contribution in [3.05, 3.63) is 71.6 Å². The lowest BCUT2D eigenvalue weighted by Gasteiger charge is -2.20. The highest BCUT2D eigenvalue weighted by Crippen LogP contribution is 2.44. The number of nitrogens with zero attached hydrogens (tertiary/aromatic N) is 2. The Morgan fingerprint density at radius 2 is 1.92 bits per heavy atom. The maximum absolute atomic E-state index is 12.5. The number of benzene rings is 2. The van der Waals surface area contributed by atoms with Gasteiger partial charge in [-0.15, -0.1) is 0 Å². The second kappa shape index (κ2) is 6.26. The Balaban J connectivity index is 1.57. The number of allylic oxidation sites excluding steroid dienone is 1. The van der Waals surface area contributed by atoms with Crippen LogP contribution in [0.2, 0.25) is 0 Å². The number of aromatic nitrogens is 2. The molecule has 1 aromatic heterocycles. The number of rotatable bonds is 3. The topological polar surface area (TPSA) is 46.9 Å². The molecule has 0 saturated carbocycles. The van der Waals surface area contributed by atoms with Crippen molar-refractivity contribution >= 4 is 35.0 Å². The van der Waals surface area contributed by atoms with Gasteiger partial charge in [0.2, 0.25) is 0 Å². The average molecular weight is 347 g/mol. The summed E-state index contributed by atoms with van der Waals surface area (Å²) in [4.78, 5) is 14.8. The first kappa shape index (κ1) is 15.7. The number of fused-ring (bicyclic) bond motifs is 2. The molecule has 1 aliphatic heterocycles. The summed E-state index contributed by atoms with van der Waals surface area (Å²) in [5.74, 6) is -0.0308. The number of carbonyl (C=O) groups excluding carboxylic acids is 1. The SMILES string of the molecule is Cc1cc(/C=C/C(=O)c2ccc3c(c2)Nc2ccccc2S3)nn1C. The molecule has 0 spiro atoms. The van der Waals surface area contributed by atoms with E-state index in [4.69, 9.17) is 0 Å². The molecule has 5 heteroatoms. The minimum atomic E-state index is -0.0308. The first-order chi connectivity index (χ1) is 12.1. The van der Waals surface area contributed by atoms with Crippen molar-refractivity contribution in [2.75, 3.05) is 5.32 Å². The van der Waals surface area contributed by atoms with Gasteiger partial charge in [-0.05, 0) is 55.5 Å². The Morgan fingerprint density at radius 3 is 2.72 bits per heavy atom. The van der Waals surface area contributed by atoms with E-state index in [1.165, 1.54) is 4.90 Å². The molecule has 2 aromatic carbocycles. The van der Waals surface area contributed by atoms with E-state index in [2.05, 4.69) is 16.5 Å². The first-order valence-electron chi connectivity index (χ1n) is 8.01. The molecule has 3 aromatic rings. The highest BCUT2D eigenvalue weighted by molar-refractivity contribution is 7.99. The smallest absolute Gasteiger partial charge is 0.185 e. The van der Waals surface area contributed by atoms with E-state index in [0.717, 1.165) is 27.7 Å². The molecular weight excluding hydrogens is 330 g/mol. The van der Waals surface area contributed by atoms with Gasteiger partial charge >= 0.3 is 0 Å². The predicted molar refractivity (Wildman–Crippen MR) is 102 cm³/mol. The zero-order chi connectivity index (χ0) is 17.4. The fourth-order valence-electron chi connectivity index (χ4n) is 2.72. The molecule has 0 atom stereocenters. The van der Waals surface area contributed by atoms with Crippen LogP contribution in [-0.2, 0) is 7.05 Å². The maximum atomic E-state index is 12.5. The van der Waals surface area contributed by atoms with Crippen molar-refractivity contribution in [3.8, 4) is 0 Å². The van der Waals surface area contributed by atoms with Crippen molar-refractivity contribution in [1.82, 2.24) is 9.78 Å². The lowest BCUT2D eigenvalue weighted by atomic mass is 10.1. The average Bonchev–Trinajstić information content (AvgIpc) is 2.95. The van der Waals surface area contributed by atoms with Gasteiger partial charge in [0.15, 0.2) is 5.78 Å². The third-order valence-corrected chi connectivity index (χ3v) is 5.33. The summed E-state index contributed by atoms with van der Waals surface area (Å²) >= 11 is 1.71. The first-order valence-corrected chi connectivity index (χ1v) is 8.83. The monoisotopic (exact) mass is 347 g/mol. The third kappa shape index (κ3) is 3.10. The number of hydrogen-bond donors (Lipinski definition) is 1. The molecule has 4 nitrogen and oxygen atoms in total. The Kier molecular flexibility index (Phi) is 3.93. The Hall–Kier alpha value is -2.79. The summed E-state index contributed by atoms with van der Waals surface area (Å²) in [6, 6.07) is 15.9. The standard InChI is InChI=1S/C20H17N3OS/c1-13-11-15(22-23(13)2)8-9-18(24)14-7-10-20-17(12-14)21-16-5-3-4-6-19(16)25-20/h3-12,21H,1-2H3/b9-8+. The van der Waals surface area contributed by atoms with Crippen LogP contribution in [0.25, 0.3) is 6.08 Å². The molecule has 0 fully saturated rings. The normalized spacial score (nSPS) is 12.6. The minimum absolute atomic E-state index is 0.0308. The van der Waals surface area contributed by atoms with Gasteiger partial charge in [0.1, 0.15) is 0 Å². The zero-order valence-corrected chi connectivity index (χ0v) is 14.8. The van der Waals surface area contributed by atoms with Crippen LogP contribution >= 0.6 is 11.8 Å². The van der Waals surface area contributed by atoms with Crippen LogP contribution in [0.3, 0.4) is 0 Å². The summed E-state index contributed by atoms with van der Waals surface area (Å²) in [6.07, 6.45) is 3.33. The number of anilines is 2.